The fourth-order valence-electron chi connectivity index (χ4n) is 2.16. The lowest BCUT2D eigenvalue weighted by Crippen LogP contribution is -2.34. The lowest BCUT2D eigenvalue weighted by atomic mass is 9.89. The molecule has 0 saturated heterocycles. The lowest BCUT2D eigenvalue weighted by molar-refractivity contribution is 0.0185. The summed E-state index contributed by atoms with van der Waals surface area (Å²) in [5.74, 6) is 0.0433. The van der Waals surface area contributed by atoms with E-state index >= 15 is 0 Å². The van der Waals surface area contributed by atoms with Crippen LogP contribution in [-0.2, 0) is 11.2 Å². The number of benzene rings is 1. The average molecular weight is 251 g/mol. The zero-order valence-corrected chi connectivity index (χ0v) is 10.9. The van der Waals surface area contributed by atoms with Crippen LogP contribution >= 0.6 is 0 Å². The Morgan fingerprint density at radius 1 is 1.39 bits per heavy atom. The molecule has 1 aromatic rings. The number of carbonyl (C=O) groups excluding carboxylic acids is 1. The predicted octanol–water partition coefficient (Wildman–Crippen LogP) is 2.10. The van der Waals surface area contributed by atoms with Crippen LogP contribution < -0.4 is 5.73 Å². The molecule has 1 aromatic carbocycles. The van der Waals surface area contributed by atoms with E-state index in [9.17, 15) is 9.90 Å². The van der Waals surface area contributed by atoms with Gasteiger partial charge in [-0.2, -0.15) is 0 Å². The van der Waals surface area contributed by atoms with Gasteiger partial charge in [0.2, 0.25) is 0 Å². The molecule has 1 amide bonds. The van der Waals surface area contributed by atoms with Gasteiger partial charge in [0.1, 0.15) is 5.60 Å². The summed E-state index contributed by atoms with van der Waals surface area (Å²) in [6.07, 6.45) is 0.543. The number of hydrogen-bond donors (Lipinski definition) is 2. The van der Waals surface area contributed by atoms with E-state index in [1.807, 2.05) is 30.3 Å². The van der Waals surface area contributed by atoms with Crippen molar-refractivity contribution in [2.24, 2.45) is 11.7 Å². The zero-order chi connectivity index (χ0) is 13.6. The molecule has 100 valence electrons. The van der Waals surface area contributed by atoms with Gasteiger partial charge in [-0.05, 0) is 38.2 Å². The third kappa shape index (κ3) is 5.19. The van der Waals surface area contributed by atoms with Crippen molar-refractivity contribution in [3.8, 4) is 0 Å². The van der Waals surface area contributed by atoms with Gasteiger partial charge in [-0.25, -0.2) is 4.79 Å². The van der Waals surface area contributed by atoms with Crippen LogP contribution in [0.2, 0.25) is 0 Å². The van der Waals surface area contributed by atoms with Crippen molar-refractivity contribution in [3.05, 3.63) is 35.9 Å². The minimum atomic E-state index is -0.781. The van der Waals surface area contributed by atoms with Crippen LogP contribution in [0.3, 0.4) is 0 Å². The van der Waals surface area contributed by atoms with Crippen molar-refractivity contribution >= 4 is 6.09 Å². The normalized spacial score (nSPS) is 13.1. The number of ether oxygens (including phenoxy) is 1. The molecule has 0 spiro atoms. The van der Waals surface area contributed by atoms with Crippen molar-refractivity contribution in [1.82, 2.24) is 0 Å². The first kappa shape index (κ1) is 14.5. The highest BCUT2D eigenvalue weighted by Gasteiger charge is 2.26. The average Bonchev–Trinajstić information content (AvgIpc) is 2.27. The number of rotatable bonds is 6. The molecule has 0 aliphatic carbocycles. The number of aliphatic hydroxyl groups is 1. The number of nitrogens with two attached hydrogens (primary N) is 1. The second-order valence-corrected chi connectivity index (χ2v) is 5.12. The molecule has 0 aromatic heterocycles. The Balaban J connectivity index is 2.59. The van der Waals surface area contributed by atoms with Gasteiger partial charge in [-0.15, -0.1) is 0 Å². The molecule has 0 heterocycles. The van der Waals surface area contributed by atoms with Crippen LogP contribution in [0, 0.1) is 5.92 Å². The fourth-order valence-corrected chi connectivity index (χ4v) is 2.16. The van der Waals surface area contributed by atoms with E-state index in [2.05, 4.69) is 0 Å². The molecular formula is C14H21NO3. The summed E-state index contributed by atoms with van der Waals surface area (Å²) in [6.45, 7) is 3.65. The second-order valence-electron chi connectivity index (χ2n) is 5.12. The van der Waals surface area contributed by atoms with Crippen molar-refractivity contribution in [2.75, 3.05) is 6.61 Å². The maximum Gasteiger partial charge on any atom is 0.405 e. The van der Waals surface area contributed by atoms with Crippen molar-refractivity contribution in [3.63, 3.8) is 0 Å². The molecule has 0 radical (unpaired) electrons. The maximum absolute atomic E-state index is 10.8. The van der Waals surface area contributed by atoms with Gasteiger partial charge in [0, 0.05) is 6.61 Å². The van der Waals surface area contributed by atoms with Crippen molar-refractivity contribution < 1.29 is 14.6 Å². The minimum Gasteiger partial charge on any atom is -0.444 e. The molecule has 3 N–H and O–H groups in total. The summed E-state index contributed by atoms with van der Waals surface area (Å²) in [5, 5.41) is 9.41. The smallest absolute Gasteiger partial charge is 0.405 e. The minimum absolute atomic E-state index is 0.0433. The van der Waals surface area contributed by atoms with Gasteiger partial charge in [-0.3, -0.25) is 0 Å². The van der Waals surface area contributed by atoms with Gasteiger partial charge in [0.25, 0.3) is 0 Å². The summed E-state index contributed by atoms with van der Waals surface area (Å²) in [4.78, 5) is 10.8. The summed E-state index contributed by atoms with van der Waals surface area (Å²) in [7, 11) is 0. The lowest BCUT2D eigenvalue weighted by Gasteiger charge is -2.28. The SMILES string of the molecule is CC(C)(C[C@H](CO)Cc1ccccc1)OC(N)=O. The highest BCUT2D eigenvalue weighted by Crippen LogP contribution is 2.23. The summed E-state index contributed by atoms with van der Waals surface area (Å²) >= 11 is 0. The molecule has 0 aliphatic rings. The summed E-state index contributed by atoms with van der Waals surface area (Å²) in [5.41, 5.74) is 5.52. The van der Waals surface area contributed by atoms with Crippen LogP contribution in [-0.4, -0.2) is 23.4 Å². The van der Waals surface area contributed by atoms with Gasteiger partial charge in [0.05, 0.1) is 0 Å². The maximum atomic E-state index is 10.8. The largest absolute Gasteiger partial charge is 0.444 e. The fraction of sp³-hybridized carbons (Fsp3) is 0.500. The van der Waals surface area contributed by atoms with Crippen molar-refractivity contribution in [2.45, 2.75) is 32.3 Å². The standard InChI is InChI=1S/C14H21NO3/c1-14(2,18-13(15)17)9-12(10-16)8-11-6-4-3-5-7-11/h3-7,12,16H,8-10H2,1-2H3,(H2,15,17)/t12-/m1/s1. The molecule has 18 heavy (non-hydrogen) atoms. The van der Waals surface area contributed by atoms with E-state index in [0.717, 1.165) is 12.0 Å². The van der Waals surface area contributed by atoms with Gasteiger partial charge >= 0.3 is 6.09 Å². The number of primary amides is 1. The van der Waals surface area contributed by atoms with E-state index in [1.54, 1.807) is 13.8 Å². The molecule has 4 nitrogen and oxygen atoms in total. The molecule has 0 aliphatic heterocycles. The van der Waals surface area contributed by atoms with Crippen LogP contribution in [0.25, 0.3) is 0 Å². The molecule has 1 atom stereocenters. The molecule has 0 unspecified atom stereocenters. The van der Waals surface area contributed by atoms with E-state index in [1.165, 1.54) is 0 Å². The Labute approximate surface area is 108 Å². The van der Waals surface area contributed by atoms with Crippen molar-refractivity contribution in [1.29, 1.82) is 0 Å². The Hall–Kier alpha value is -1.55. The Bertz CT molecular complexity index is 376. The molecule has 4 heteroatoms. The zero-order valence-electron chi connectivity index (χ0n) is 10.9. The van der Waals surface area contributed by atoms with Gasteiger partial charge in [0.15, 0.2) is 0 Å². The molecule has 0 bridgehead atoms. The van der Waals surface area contributed by atoms with E-state index in [0.29, 0.717) is 6.42 Å². The highest BCUT2D eigenvalue weighted by atomic mass is 16.6. The Kier molecular flexibility index (Phi) is 5.16. The molecular weight excluding hydrogens is 230 g/mol. The van der Waals surface area contributed by atoms with Crippen LogP contribution in [0.15, 0.2) is 30.3 Å². The topological polar surface area (TPSA) is 72.6 Å². The number of amides is 1. The molecule has 0 fully saturated rings. The third-order valence-electron chi connectivity index (χ3n) is 2.78. The number of carbonyl (C=O) groups is 1. The second kappa shape index (κ2) is 6.40. The first-order valence-electron chi connectivity index (χ1n) is 6.06. The van der Waals surface area contributed by atoms with Crippen LogP contribution in [0.4, 0.5) is 4.79 Å². The number of aliphatic hydroxyl groups excluding tert-OH is 1. The summed E-state index contributed by atoms with van der Waals surface area (Å²) in [6, 6.07) is 9.93. The van der Waals surface area contributed by atoms with E-state index in [4.69, 9.17) is 10.5 Å². The van der Waals surface area contributed by atoms with Gasteiger partial charge < -0.3 is 15.6 Å². The van der Waals surface area contributed by atoms with Gasteiger partial charge in [-0.1, -0.05) is 30.3 Å². The predicted molar refractivity (Wildman–Crippen MR) is 70.1 cm³/mol. The van der Waals surface area contributed by atoms with Crippen LogP contribution in [0.1, 0.15) is 25.8 Å². The molecule has 0 saturated carbocycles. The third-order valence-corrected chi connectivity index (χ3v) is 2.78. The monoisotopic (exact) mass is 251 g/mol. The highest BCUT2D eigenvalue weighted by molar-refractivity contribution is 5.65. The number of hydrogen-bond acceptors (Lipinski definition) is 3. The summed E-state index contributed by atoms with van der Waals surface area (Å²) < 4.78 is 5.04. The Morgan fingerprint density at radius 2 is 2.00 bits per heavy atom. The van der Waals surface area contributed by atoms with Crippen LogP contribution in [0.5, 0.6) is 0 Å². The Morgan fingerprint density at radius 3 is 2.50 bits per heavy atom. The quantitative estimate of drug-likeness (QED) is 0.813. The first-order valence-corrected chi connectivity index (χ1v) is 6.06. The molecule has 1 rings (SSSR count). The van der Waals surface area contributed by atoms with E-state index in [-0.39, 0.29) is 12.5 Å². The van der Waals surface area contributed by atoms with E-state index < -0.39 is 11.7 Å². The first-order chi connectivity index (χ1) is 8.43.